The van der Waals surface area contributed by atoms with Crippen LogP contribution in [0.1, 0.15) is 23.2 Å². The number of alkyl halides is 3. The first-order valence-corrected chi connectivity index (χ1v) is 11.3. The summed E-state index contributed by atoms with van der Waals surface area (Å²) in [5.41, 5.74) is 0.937. The lowest BCUT2D eigenvalue weighted by Gasteiger charge is -2.24. The first-order chi connectivity index (χ1) is 15.1. The Morgan fingerprint density at radius 1 is 1.25 bits per heavy atom. The SMILES string of the molecule is Cc1ccnc(S[C@@H]2C[C@@H](C(=O)NCCN(C)C)N(Cc3ccc(C(F)(F)F)cc3)C2)n1. The van der Waals surface area contributed by atoms with Gasteiger partial charge in [0.05, 0.1) is 11.6 Å². The number of nitrogens with one attached hydrogen (secondary N) is 1. The molecule has 2 heterocycles. The number of carbonyl (C=O) groups excluding carboxylic acids is 1. The van der Waals surface area contributed by atoms with E-state index in [2.05, 4.69) is 15.3 Å². The number of rotatable bonds is 8. The van der Waals surface area contributed by atoms with Gasteiger partial charge >= 0.3 is 6.18 Å². The van der Waals surface area contributed by atoms with Gasteiger partial charge in [-0.3, -0.25) is 9.69 Å². The van der Waals surface area contributed by atoms with Crippen LogP contribution in [0.4, 0.5) is 13.2 Å². The van der Waals surface area contributed by atoms with Crippen molar-refractivity contribution in [3.63, 3.8) is 0 Å². The largest absolute Gasteiger partial charge is 0.416 e. The molecule has 1 amide bonds. The normalized spacial score (nSPS) is 19.5. The third-order valence-corrected chi connectivity index (χ3v) is 6.32. The molecule has 1 saturated heterocycles. The minimum Gasteiger partial charge on any atom is -0.353 e. The van der Waals surface area contributed by atoms with Crippen molar-refractivity contribution in [2.45, 2.75) is 42.5 Å². The van der Waals surface area contributed by atoms with Gasteiger partial charge in [-0.25, -0.2) is 9.97 Å². The van der Waals surface area contributed by atoms with Gasteiger partial charge in [-0.2, -0.15) is 13.2 Å². The molecule has 0 radical (unpaired) electrons. The molecule has 1 aliphatic heterocycles. The number of likely N-dealkylation sites (tertiary alicyclic amines) is 1. The summed E-state index contributed by atoms with van der Waals surface area (Å²) in [6.07, 6.45) is -2.03. The molecule has 0 saturated carbocycles. The lowest BCUT2D eigenvalue weighted by molar-refractivity contribution is -0.137. The Kier molecular flexibility index (Phi) is 8.13. The summed E-state index contributed by atoms with van der Waals surface area (Å²) in [5.74, 6) is -0.0629. The molecule has 6 nitrogen and oxygen atoms in total. The molecular formula is C22H28F3N5OS. The first kappa shape index (κ1) is 24.5. The van der Waals surface area contributed by atoms with E-state index in [9.17, 15) is 18.0 Å². The molecule has 0 unspecified atom stereocenters. The van der Waals surface area contributed by atoms with Crippen molar-refractivity contribution in [3.8, 4) is 0 Å². The van der Waals surface area contributed by atoms with Crippen LogP contribution in [0.5, 0.6) is 0 Å². The quantitative estimate of drug-likeness (QED) is 0.602. The number of thioether (sulfide) groups is 1. The molecule has 174 valence electrons. The van der Waals surface area contributed by atoms with Gasteiger partial charge in [0.15, 0.2) is 5.16 Å². The summed E-state index contributed by atoms with van der Waals surface area (Å²) in [7, 11) is 3.88. The fraction of sp³-hybridized carbons (Fsp3) is 0.500. The number of hydrogen-bond acceptors (Lipinski definition) is 6. The summed E-state index contributed by atoms with van der Waals surface area (Å²) in [6, 6.07) is 6.61. The second kappa shape index (κ2) is 10.6. The van der Waals surface area contributed by atoms with Crippen molar-refractivity contribution in [1.82, 2.24) is 25.1 Å². The molecule has 0 bridgehead atoms. The van der Waals surface area contributed by atoms with Gasteiger partial charge in [-0.15, -0.1) is 0 Å². The Balaban J connectivity index is 1.71. The summed E-state index contributed by atoms with van der Waals surface area (Å²) in [6.45, 7) is 4.19. The summed E-state index contributed by atoms with van der Waals surface area (Å²) in [5, 5.41) is 3.75. The zero-order valence-electron chi connectivity index (χ0n) is 18.4. The average Bonchev–Trinajstić information content (AvgIpc) is 3.09. The van der Waals surface area contributed by atoms with E-state index in [0.717, 1.165) is 29.9 Å². The van der Waals surface area contributed by atoms with Gasteiger partial charge in [0.25, 0.3) is 0 Å². The molecule has 2 atom stereocenters. The maximum atomic E-state index is 12.9. The number of carbonyl (C=O) groups is 1. The topological polar surface area (TPSA) is 61.4 Å². The minimum absolute atomic E-state index is 0.0629. The number of benzene rings is 1. The van der Waals surface area contributed by atoms with Crippen LogP contribution in [-0.2, 0) is 17.5 Å². The molecule has 1 aromatic heterocycles. The number of nitrogens with zero attached hydrogens (tertiary/aromatic N) is 4. The molecule has 2 aromatic rings. The van der Waals surface area contributed by atoms with Crippen molar-refractivity contribution >= 4 is 17.7 Å². The van der Waals surface area contributed by atoms with Crippen molar-refractivity contribution in [3.05, 3.63) is 53.3 Å². The van der Waals surface area contributed by atoms with Gasteiger partial charge in [0.2, 0.25) is 5.91 Å². The Morgan fingerprint density at radius 2 is 1.97 bits per heavy atom. The Hall–Kier alpha value is -2.17. The molecule has 0 spiro atoms. The van der Waals surface area contributed by atoms with E-state index in [1.54, 1.807) is 6.20 Å². The summed E-state index contributed by atoms with van der Waals surface area (Å²) in [4.78, 5) is 25.7. The van der Waals surface area contributed by atoms with Gasteiger partial charge < -0.3 is 10.2 Å². The highest BCUT2D eigenvalue weighted by atomic mass is 32.2. The van der Waals surface area contributed by atoms with E-state index in [0.29, 0.717) is 31.2 Å². The van der Waals surface area contributed by atoms with E-state index >= 15 is 0 Å². The van der Waals surface area contributed by atoms with Gasteiger partial charge in [0.1, 0.15) is 0 Å². The molecule has 3 rings (SSSR count). The number of amides is 1. The van der Waals surface area contributed by atoms with Crippen LogP contribution in [0, 0.1) is 6.92 Å². The van der Waals surface area contributed by atoms with E-state index in [1.165, 1.54) is 23.9 Å². The molecule has 0 aliphatic carbocycles. The number of aromatic nitrogens is 2. The van der Waals surface area contributed by atoms with Crippen LogP contribution >= 0.6 is 11.8 Å². The zero-order valence-corrected chi connectivity index (χ0v) is 19.2. The molecule has 1 aromatic carbocycles. The minimum atomic E-state index is -4.36. The number of aryl methyl sites for hydroxylation is 1. The number of likely N-dealkylation sites (N-methyl/N-ethyl adjacent to an activating group) is 1. The molecule has 32 heavy (non-hydrogen) atoms. The lowest BCUT2D eigenvalue weighted by atomic mass is 10.1. The van der Waals surface area contributed by atoms with Crippen molar-refractivity contribution < 1.29 is 18.0 Å². The van der Waals surface area contributed by atoms with Crippen LogP contribution in [0.15, 0.2) is 41.7 Å². The van der Waals surface area contributed by atoms with Crippen molar-refractivity contribution in [2.24, 2.45) is 0 Å². The molecule has 1 N–H and O–H groups in total. The van der Waals surface area contributed by atoms with Crippen LogP contribution in [0.25, 0.3) is 0 Å². The molecular weight excluding hydrogens is 439 g/mol. The van der Waals surface area contributed by atoms with Crippen LogP contribution < -0.4 is 5.32 Å². The Bertz CT molecular complexity index is 907. The summed E-state index contributed by atoms with van der Waals surface area (Å²) < 4.78 is 38.6. The fourth-order valence-electron chi connectivity index (χ4n) is 3.58. The predicted octanol–water partition coefficient (Wildman–Crippen LogP) is 3.22. The maximum absolute atomic E-state index is 12.9. The van der Waals surface area contributed by atoms with Crippen molar-refractivity contribution in [2.75, 3.05) is 33.7 Å². The third-order valence-electron chi connectivity index (χ3n) is 5.24. The first-order valence-electron chi connectivity index (χ1n) is 10.4. The van der Waals surface area contributed by atoms with E-state index in [1.807, 2.05) is 36.9 Å². The van der Waals surface area contributed by atoms with Gasteiger partial charge in [-0.1, -0.05) is 23.9 Å². The average molecular weight is 468 g/mol. The highest BCUT2D eigenvalue weighted by Gasteiger charge is 2.37. The van der Waals surface area contributed by atoms with Gasteiger partial charge in [-0.05, 0) is 51.2 Å². The third kappa shape index (κ3) is 6.91. The fourth-order valence-corrected chi connectivity index (χ4v) is 4.74. The van der Waals surface area contributed by atoms with E-state index < -0.39 is 11.7 Å². The zero-order chi connectivity index (χ0) is 23.3. The predicted molar refractivity (Wildman–Crippen MR) is 118 cm³/mol. The number of hydrogen-bond donors (Lipinski definition) is 1. The summed E-state index contributed by atoms with van der Waals surface area (Å²) >= 11 is 1.53. The second-order valence-corrected chi connectivity index (χ2v) is 9.46. The Labute approximate surface area is 190 Å². The highest BCUT2D eigenvalue weighted by Crippen LogP contribution is 2.33. The molecule has 1 fully saturated rings. The van der Waals surface area contributed by atoms with Crippen LogP contribution in [-0.4, -0.2) is 70.7 Å². The second-order valence-electron chi connectivity index (χ2n) is 8.19. The standard InChI is InChI=1S/C22H28F3N5OS/c1-15-8-9-27-21(28-15)32-18-12-19(20(31)26-10-11-29(2)3)30(14-18)13-16-4-6-17(7-5-16)22(23,24)25/h4-9,18-19H,10-14H2,1-3H3,(H,26,31)/t18-,19+/m1/s1. The molecule has 10 heteroatoms. The van der Waals surface area contributed by atoms with Crippen molar-refractivity contribution in [1.29, 1.82) is 0 Å². The van der Waals surface area contributed by atoms with Crippen LogP contribution in [0.2, 0.25) is 0 Å². The van der Waals surface area contributed by atoms with E-state index in [4.69, 9.17) is 0 Å². The lowest BCUT2D eigenvalue weighted by Crippen LogP contribution is -2.44. The monoisotopic (exact) mass is 467 g/mol. The van der Waals surface area contributed by atoms with E-state index in [-0.39, 0.29) is 17.2 Å². The van der Waals surface area contributed by atoms with Crippen LogP contribution in [0.3, 0.4) is 0 Å². The number of halogens is 3. The van der Waals surface area contributed by atoms with Gasteiger partial charge in [0, 0.05) is 43.3 Å². The Morgan fingerprint density at radius 3 is 2.59 bits per heavy atom. The molecule has 1 aliphatic rings. The smallest absolute Gasteiger partial charge is 0.353 e. The maximum Gasteiger partial charge on any atom is 0.416 e. The highest BCUT2D eigenvalue weighted by molar-refractivity contribution is 7.99.